The summed E-state index contributed by atoms with van der Waals surface area (Å²) >= 11 is 0. The molecule has 1 aromatic rings. The van der Waals surface area contributed by atoms with Crippen molar-refractivity contribution in [2.75, 3.05) is 18.8 Å². The lowest BCUT2D eigenvalue weighted by Crippen LogP contribution is -2.46. The fraction of sp³-hybridized carbons (Fsp3) is 0.500. The predicted octanol–water partition coefficient (Wildman–Crippen LogP) is 2.38. The van der Waals surface area contributed by atoms with E-state index in [1.54, 1.807) is 29.2 Å². The van der Waals surface area contributed by atoms with Gasteiger partial charge in [-0.2, -0.15) is 0 Å². The molecule has 114 valence electrons. The van der Waals surface area contributed by atoms with Crippen molar-refractivity contribution in [2.45, 2.75) is 32.6 Å². The Morgan fingerprint density at radius 3 is 2.29 bits per heavy atom. The number of rotatable bonds is 4. The molecule has 5 heteroatoms. The maximum Gasteiger partial charge on any atom is 0.309 e. The molecular formula is C16H22N2O3. The van der Waals surface area contributed by atoms with E-state index in [9.17, 15) is 14.7 Å². The van der Waals surface area contributed by atoms with Gasteiger partial charge in [0.25, 0.3) is 5.91 Å². The van der Waals surface area contributed by atoms with Crippen LogP contribution < -0.4 is 5.73 Å². The minimum atomic E-state index is -0.732. The third-order valence-electron chi connectivity index (χ3n) is 4.35. The molecule has 0 atom stereocenters. The van der Waals surface area contributed by atoms with E-state index in [1.165, 1.54) is 0 Å². The Bertz CT molecular complexity index is 517. The maximum absolute atomic E-state index is 12.4. The lowest BCUT2D eigenvalue weighted by molar-refractivity contribution is -0.152. The van der Waals surface area contributed by atoms with Crippen LogP contribution in [0, 0.1) is 5.41 Å². The zero-order valence-electron chi connectivity index (χ0n) is 12.3. The largest absolute Gasteiger partial charge is 0.481 e. The van der Waals surface area contributed by atoms with Gasteiger partial charge in [0.15, 0.2) is 0 Å². The molecule has 1 amide bonds. The number of piperidine rings is 1. The number of nitrogens with zero attached hydrogens (tertiary/aromatic N) is 1. The van der Waals surface area contributed by atoms with Gasteiger partial charge in [-0.05, 0) is 43.5 Å². The molecular weight excluding hydrogens is 268 g/mol. The minimum Gasteiger partial charge on any atom is -0.481 e. The highest BCUT2D eigenvalue weighted by molar-refractivity contribution is 5.94. The summed E-state index contributed by atoms with van der Waals surface area (Å²) in [7, 11) is 0. The minimum absolute atomic E-state index is 0.0505. The van der Waals surface area contributed by atoms with Crippen molar-refractivity contribution in [3.63, 3.8) is 0 Å². The fourth-order valence-corrected chi connectivity index (χ4v) is 3.00. The number of nitrogen functional groups attached to an aromatic ring is 1. The van der Waals surface area contributed by atoms with Crippen LogP contribution in [0.5, 0.6) is 0 Å². The van der Waals surface area contributed by atoms with Crippen LogP contribution in [0.25, 0.3) is 0 Å². The van der Waals surface area contributed by atoms with E-state index in [0.29, 0.717) is 43.6 Å². The van der Waals surface area contributed by atoms with E-state index in [0.717, 1.165) is 6.42 Å². The first-order valence-electron chi connectivity index (χ1n) is 7.37. The quantitative estimate of drug-likeness (QED) is 0.834. The molecule has 0 bridgehead atoms. The molecule has 0 unspecified atom stereocenters. The number of carboxylic acid groups (broad SMARTS) is 1. The van der Waals surface area contributed by atoms with Gasteiger partial charge < -0.3 is 15.7 Å². The Labute approximate surface area is 124 Å². The SMILES string of the molecule is CCCC1(C(=O)O)CCN(C(=O)c2ccc(N)cc2)CC1. The number of benzene rings is 1. The summed E-state index contributed by atoms with van der Waals surface area (Å²) in [6, 6.07) is 6.83. The van der Waals surface area contributed by atoms with Gasteiger partial charge in [-0.25, -0.2) is 0 Å². The standard InChI is InChI=1S/C16H22N2O3/c1-2-7-16(15(20)21)8-10-18(11-9-16)14(19)12-3-5-13(17)6-4-12/h3-6H,2,7-11,17H2,1H3,(H,20,21). The lowest BCUT2D eigenvalue weighted by atomic mass is 9.75. The molecule has 0 aromatic heterocycles. The van der Waals surface area contributed by atoms with E-state index >= 15 is 0 Å². The van der Waals surface area contributed by atoms with Crippen LogP contribution in [-0.2, 0) is 4.79 Å². The highest BCUT2D eigenvalue weighted by atomic mass is 16.4. The second-order valence-corrected chi connectivity index (χ2v) is 5.75. The van der Waals surface area contributed by atoms with Crippen LogP contribution in [0.2, 0.25) is 0 Å². The van der Waals surface area contributed by atoms with Crippen molar-refractivity contribution in [2.24, 2.45) is 5.41 Å². The molecule has 0 saturated carbocycles. The monoisotopic (exact) mass is 290 g/mol. The molecule has 5 nitrogen and oxygen atoms in total. The van der Waals surface area contributed by atoms with E-state index < -0.39 is 11.4 Å². The number of hydrogen-bond acceptors (Lipinski definition) is 3. The number of likely N-dealkylation sites (tertiary alicyclic amines) is 1. The van der Waals surface area contributed by atoms with Crippen LogP contribution in [0.15, 0.2) is 24.3 Å². The second kappa shape index (κ2) is 6.16. The van der Waals surface area contributed by atoms with Crippen LogP contribution in [0.1, 0.15) is 43.0 Å². The van der Waals surface area contributed by atoms with Gasteiger partial charge in [0, 0.05) is 24.3 Å². The van der Waals surface area contributed by atoms with Gasteiger partial charge in [-0.3, -0.25) is 9.59 Å². The first kappa shape index (κ1) is 15.4. The third-order valence-corrected chi connectivity index (χ3v) is 4.35. The van der Waals surface area contributed by atoms with Crippen molar-refractivity contribution in [3.05, 3.63) is 29.8 Å². The maximum atomic E-state index is 12.4. The molecule has 1 heterocycles. The molecule has 21 heavy (non-hydrogen) atoms. The number of aliphatic carboxylic acids is 1. The van der Waals surface area contributed by atoms with E-state index in [-0.39, 0.29) is 5.91 Å². The van der Waals surface area contributed by atoms with Crippen LogP contribution in [0.3, 0.4) is 0 Å². The number of carbonyl (C=O) groups is 2. The van der Waals surface area contributed by atoms with E-state index in [4.69, 9.17) is 5.73 Å². The molecule has 1 aliphatic rings. The number of carboxylic acids is 1. The summed E-state index contributed by atoms with van der Waals surface area (Å²) in [6.45, 7) is 2.99. The summed E-state index contributed by atoms with van der Waals surface area (Å²) in [5.74, 6) is -0.783. The molecule has 3 N–H and O–H groups in total. The van der Waals surface area contributed by atoms with Gasteiger partial charge in [0.1, 0.15) is 0 Å². The molecule has 1 aromatic carbocycles. The number of nitrogens with two attached hydrogens (primary N) is 1. The first-order chi connectivity index (χ1) is 9.98. The van der Waals surface area contributed by atoms with E-state index in [1.807, 2.05) is 6.92 Å². The van der Waals surface area contributed by atoms with E-state index in [2.05, 4.69) is 0 Å². The number of anilines is 1. The summed E-state index contributed by atoms with van der Waals surface area (Å²) in [6.07, 6.45) is 2.57. The van der Waals surface area contributed by atoms with Crippen molar-refractivity contribution < 1.29 is 14.7 Å². The Morgan fingerprint density at radius 2 is 1.81 bits per heavy atom. The highest BCUT2D eigenvalue weighted by Crippen LogP contribution is 2.36. The van der Waals surface area contributed by atoms with Gasteiger partial charge in [-0.15, -0.1) is 0 Å². The number of amides is 1. The van der Waals surface area contributed by atoms with Crippen LogP contribution in [-0.4, -0.2) is 35.0 Å². The van der Waals surface area contributed by atoms with Crippen molar-refractivity contribution >= 4 is 17.6 Å². The van der Waals surface area contributed by atoms with Crippen molar-refractivity contribution in [3.8, 4) is 0 Å². The number of carbonyl (C=O) groups excluding carboxylic acids is 1. The van der Waals surface area contributed by atoms with Crippen molar-refractivity contribution in [1.82, 2.24) is 4.90 Å². The van der Waals surface area contributed by atoms with Gasteiger partial charge in [-0.1, -0.05) is 13.3 Å². The summed E-state index contributed by atoms with van der Waals surface area (Å²) in [5, 5.41) is 9.47. The normalized spacial score (nSPS) is 17.5. The lowest BCUT2D eigenvalue weighted by Gasteiger charge is -2.38. The fourth-order valence-electron chi connectivity index (χ4n) is 3.00. The predicted molar refractivity (Wildman–Crippen MR) is 81.0 cm³/mol. The van der Waals surface area contributed by atoms with Gasteiger partial charge >= 0.3 is 5.97 Å². The van der Waals surface area contributed by atoms with Gasteiger partial charge in [0.2, 0.25) is 0 Å². The molecule has 1 saturated heterocycles. The van der Waals surface area contributed by atoms with Crippen molar-refractivity contribution in [1.29, 1.82) is 0 Å². The average molecular weight is 290 g/mol. The molecule has 0 radical (unpaired) electrons. The molecule has 1 fully saturated rings. The topological polar surface area (TPSA) is 83.6 Å². The van der Waals surface area contributed by atoms with Crippen LogP contribution in [0.4, 0.5) is 5.69 Å². The van der Waals surface area contributed by atoms with Gasteiger partial charge in [0.05, 0.1) is 5.41 Å². The molecule has 0 aliphatic carbocycles. The molecule has 0 spiro atoms. The summed E-state index contributed by atoms with van der Waals surface area (Å²) < 4.78 is 0. The summed E-state index contributed by atoms with van der Waals surface area (Å²) in [5.41, 5.74) is 6.18. The summed E-state index contributed by atoms with van der Waals surface area (Å²) in [4.78, 5) is 25.7. The molecule has 1 aliphatic heterocycles. The zero-order valence-corrected chi connectivity index (χ0v) is 12.3. The Hall–Kier alpha value is -2.04. The second-order valence-electron chi connectivity index (χ2n) is 5.75. The Kier molecular flexibility index (Phi) is 4.50. The zero-order chi connectivity index (χ0) is 15.5. The molecule has 2 rings (SSSR count). The smallest absolute Gasteiger partial charge is 0.309 e. The first-order valence-corrected chi connectivity index (χ1v) is 7.37. The van der Waals surface area contributed by atoms with Crippen LogP contribution >= 0.6 is 0 Å². The average Bonchev–Trinajstić information content (AvgIpc) is 2.48. The number of hydrogen-bond donors (Lipinski definition) is 2. The Morgan fingerprint density at radius 1 is 1.24 bits per heavy atom. The third kappa shape index (κ3) is 3.17. The Balaban J connectivity index is 2.04. The highest BCUT2D eigenvalue weighted by Gasteiger charge is 2.41.